The van der Waals surface area contributed by atoms with Crippen LogP contribution in [0.5, 0.6) is 0 Å². The maximum absolute atomic E-state index is 12.2. The lowest BCUT2D eigenvalue weighted by Crippen LogP contribution is -2.60. The van der Waals surface area contributed by atoms with E-state index >= 15 is 0 Å². The van der Waals surface area contributed by atoms with E-state index in [-0.39, 0.29) is 11.7 Å². The van der Waals surface area contributed by atoms with Gasteiger partial charge in [0.25, 0.3) is 0 Å². The SMILES string of the molecule is CC(C)(C)OC(=O)N1CC2CC(C1)C2CN1CCNCC1. The third-order valence-corrected chi connectivity index (χ3v) is 5.06. The number of ether oxygens (including phenoxy) is 1. The van der Waals surface area contributed by atoms with Gasteiger partial charge in [-0.3, -0.25) is 0 Å². The van der Waals surface area contributed by atoms with E-state index in [4.69, 9.17) is 4.74 Å². The zero-order valence-corrected chi connectivity index (χ0v) is 13.6. The molecular formula is C16H29N3O2. The fraction of sp³-hybridized carbons (Fsp3) is 0.938. The first-order valence-corrected chi connectivity index (χ1v) is 8.33. The van der Waals surface area contributed by atoms with Crippen LogP contribution >= 0.6 is 0 Å². The van der Waals surface area contributed by atoms with Crippen molar-refractivity contribution in [1.29, 1.82) is 0 Å². The Morgan fingerprint density at radius 3 is 2.38 bits per heavy atom. The monoisotopic (exact) mass is 295 g/mol. The molecule has 21 heavy (non-hydrogen) atoms. The lowest BCUT2D eigenvalue weighted by atomic mass is 9.61. The Kier molecular flexibility index (Phi) is 4.14. The lowest BCUT2D eigenvalue weighted by molar-refractivity contribution is -0.0653. The molecule has 0 aromatic carbocycles. The van der Waals surface area contributed by atoms with Gasteiger partial charge >= 0.3 is 6.09 Å². The molecule has 3 heterocycles. The summed E-state index contributed by atoms with van der Waals surface area (Å²) >= 11 is 0. The molecule has 5 heteroatoms. The molecule has 1 saturated carbocycles. The fourth-order valence-electron chi connectivity index (χ4n) is 3.95. The van der Waals surface area contributed by atoms with Crippen molar-refractivity contribution in [2.45, 2.75) is 32.8 Å². The molecule has 0 aromatic rings. The molecule has 1 N–H and O–H groups in total. The minimum atomic E-state index is -0.390. The number of hydrogen-bond acceptors (Lipinski definition) is 4. The highest BCUT2D eigenvalue weighted by atomic mass is 16.6. The van der Waals surface area contributed by atoms with Crippen LogP contribution in [-0.4, -0.2) is 67.3 Å². The molecule has 1 aliphatic carbocycles. The summed E-state index contributed by atoms with van der Waals surface area (Å²) in [5.74, 6) is 2.17. The Balaban J connectivity index is 1.49. The van der Waals surface area contributed by atoms with Crippen LogP contribution < -0.4 is 5.32 Å². The third kappa shape index (κ3) is 3.51. The predicted molar refractivity (Wildman–Crippen MR) is 82.2 cm³/mol. The van der Waals surface area contributed by atoms with E-state index < -0.39 is 0 Å². The van der Waals surface area contributed by atoms with Gasteiger partial charge in [-0.1, -0.05) is 0 Å². The smallest absolute Gasteiger partial charge is 0.410 e. The highest BCUT2D eigenvalue weighted by molar-refractivity contribution is 5.68. The molecule has 120 valence electrons. The summed E-state index contributed by atoms with van der Waals surface area (Å²) in [5.41, 5.74) is -0.390. The quantitative estimate of drug-likeness (QED) is 0.836. The van der Waals surface area contributed by atoms with Crippen LogP contribution in [0.2, 0.25) is 0 Å². The zero-order chi connectivity index (χ0) is 15.0. The van der Waals surface area contributed by atoms with Crippen molar-refractivity contribution in [3.63, 3.8) is 0 Å². The number of nitrogens with one attached hydrogen (secondary N) is 1. The van der Waals surface area contributed by atoms with Crippen molar-refractivity contribution < 1.29 is 9.53 Å². The van der Waals surface area contributed by atoms with Gasteiger partial charge < -0.3 is 19.9 Å². The molecule has 4 fully saturated rings. The van der Waals surface area contributed by atoms with E-state index in [0.29, 0.717) is 11.8 Å². The predicted octanol–water partition coefficient (Wildman–Crippen LogP) is 1.39. The van der Waals surface area contributed by atoms with Crippen LogP contribution in [0.1, 0.15) is 27.2 Å². The van der Waals surface area contributed by atoms with Gasteiger partial charge in [-0.05, 0) is 44.9 Å². The Morgan fingerprint density at radius 2 is 1.81 bits per heavy atom. The van der Waals surface area contributed by atoms with Gasteiger partial charge in [0.05, 0.1) is 0 Å². The summed E-state index contributed by atoms with van der Waals surface area (Å²) in [6, 6.07) is 0. The third-order valence-electron chi connectivity index (χ3n) is 5.06. The number of nitrogens with zero attached hydrogens (tertiary/aromatic N) is 2. The summed E-state index contributed by atoms with van der Waals surface area (Å²) in [6.07, 6.45) is 1.17. The maximum atomic E-state index is 12.2. The van der Waals surface area contributed by atoms with Crippen LogP contribution in [0.25, 0.3) is 0 Å². The van der Waals surface area contributed by atoms with Crippen LogP contribution in [0, 0.1) is 17.8 Å². The van der Waals surface area contributed by atoms with Crippen LogP contribution in [0.4, 0.5) is 4.79 Å². The summed E-state index contributed by atoms with van der Waals surface area (Å²) in [5, 5.41) is 3.41. The summed E-state index contributed by atoms with van der Waals surface area (Å²) in [6.45, 7) is 13.4. The average Bonchev–Trinajstić information content (AvgIpc) is 2.44. The van der Waals surface area contributed by atoms with Crippen molar-refractivity contribution in [3.05, 3.63) is 0 Å². The van der Waals surface area contributed by atoms with E-state index in [1.165, 1.54) is 26.1 Å². The molecular weight excluding hydrogens is 266 g/mol. The molecule has 4 rings (SSSR count). The second kappa shape index (κ2) is 5.76. The molecule has 3 aliphatic heterocycles. The Hall–Kier alpha value is -0.810. The van der Waals surface area contributed by atoms with Crippen molar-refractivity contribution in [2.75, 3.05) is 45.8 Å². The second-order valence-corrected chi connectivity index (χ2v) is 7.86. The number of fused-ring (bicyclic) bond motifs is 2. The first kappa shape index (κ1) is 15.1. The zero-order valence-electron chi connectivity index (χ0n) is 13.6. The number of amides is 1. The number of piperazine rings is 1. The number of hydrogen-bond donors (Lipinski definition) is 1. The number of rotatable bonds is 2. The molecule has 3 saturated heterocycles. The van der Waals surface area contributed by atoms with Gasteiger partial charge in [0.1, 0.15) is 5.60 Å². The Morgan fingerprint density at radius 1 is 1.19 bits per heavy atom. The molecule has 1 amide bonds. The van der Waals surface area contributed by atoms with Crippen molar-refractivity contribution >= 4 is 6.09 Å². The normalized spacial score (nSPS) is 33.5. The van der Waals surface area contributed by atoms with Crippen LogP contribution in [0.15, 0.2) is 0 Å². The molecule has 2 bridgehead atoms. The molecule has 2 atom stereocenters. The standard InChI is InChI=1S/C16H29N3O2/c1-16(2,3)21-15(20)19-9-12-8-13(10-19)14(12)11-18-6-4-17-5-7-18/h12-14,17H,4-11H2,1-3H3. The van der Waals surface area contributed by atoms with Gasteiger partial charge in [0.15, 0.2) is 0 Å². The summed E-state index contributed by atoms with van der Waals surface area (Å²) < 4.78 is 5.50. The van der Waals surface area contributed by atoms with E-state index in [1.807, 2.05) is 25.7 Å². The highest BCUT2D eigenvalue weighted by Gasteiger charge is 2.48. The minimum Gasteiger partial charge on any atom is -0.444 e. The van der Waals surface area contributed by atoms with Gasteiger partial charge in [0.2, 0.25) is 0 Å². The molecule has 2 unspecified atom stereocenters. The first-order valence-electron chi connectivity index (χ1n) is 8.33. The molecule has 4 aliphatic rings. The van der Waals surface area contributed by atoms with Gasteiger partial charge in [0, 0.05) is 45.8 Å². The molecule has 0 aromatic heterocycles. The second-order valence-electron chi connectivity index (χ2n) is 7.86. The van der Waals surface area contributed by atoms with Gasteiger partial charge in [-0.2, -0.15) is 0 Å². The van der Waals surface area contributed by atoms with Gasteiger partial charge in [-0.25, -0.2) is 4.79 Å². The van der Waals surface area contributed by atoms with Crippen molar-refractivity contribution in [3.8, 4) is 0 Å². The fourth-order valence-corrected chi connectivity index (χ4v) is 3.95. The average molecular weight is 295 g/mol. The topological polar surface area (TPSA) is 44.8 Å². The van der Waals surface area contributed by atoms with Crippen molar-refractivity contribution in [1.82, 2.24) is 15.1 Å². The Bertz CT molecular complexity index is 375. The van der Waals surface area contributed by atoms with E-state index in [9.17, 15) is 4.79 Å². The number of piperidine rings is 2. The molecule has 0 radical (unpaired) electrons. The van der Waals surface area contributed by atoms with E-state index in [1.54, 1.807) is 0 Å². The van der Waals surface area contributed by atoms with E-state index in [2.05, 4.69) is 10.2 Å². The largest absolute Gasteiger partial charge is 0.444 e. The number of carbonyl (C=O) groups excluding carboxylic acids is 1. The minimum absolute atomic E-state index is 0.127. The van der Waals surface area contributed by atoms with Crippen molar-refractivity contribution in [2.24, 2.45) is 17.8 Å². The highest BCUT2D eigenvalue weighted by Crippen LogP contribution is 2.46. The summed E-state index contributed by atoms with van der Waals surface area (Å²) in [4.78, 5) is 16.7. The van der Waals surface area contributed by atoms with Crippen LogP contribution in [0.3, 0.4) is 0 Å². The molecule has 0 spiro atoms. The van der Waals surface area contributed by atoms with Gasteiger partial charge in [-0.15, -0.1) is 0 Å². The van der Waals surface area contributed by atoms with E-state index in [0.717, 1.165) is 32.1 Å². The Labute approximate surface area is 128 Å². The first-order chi connectivity index (χ1) is 9.92. The summed E-state index contributed by atoms with van der Waals surface area (Å²) in [7, 11) is 0. The lowest BCUT2D eigenvalue weighted by Gasteiger charge is -2.54. The van der Waals surface area contributed by atoms with Crippen LogP contribution in [-0.2, 0) is 4.74 Å². The number of carbonyl (C=O) groups is 1. The maximum Gasteiger partial charge on any atom is 0.410 e. The molecule has 5 nitrogen and oxygen atoms in total.